The van der Waals surface area contributed by atoms with E-state index < -0.39 is 54.5 Å². The average molecular weight is 707 g/mol. The molecule has 9 nitrogen and oxygen atoms in total. The number of halogens is 6. The number of alkyl halides is 6. The number of allylic oxidation sites excluding steroid dienone is 1. The van der Waals surface area contributed by atoms with Crippen LogP contribution in [0.25, 0.3) is 0 Å². The fourth-order valence-electron chi connectivity index (χ4n) is 9.00. The van der Waals surface area contributed by atoms with Gasteiger partial charge in [-0.1, -0.05) is 38.8 Å². The first kappa shape index (κ1) is 43.6. The first-order valence-electron chi connectivity index (χ1n) is 16.2. The van der Waals surface area contributed by atoms with Crippen LogP contribution in [0.4, 0.5) is 26.3 Å². The van der Waals surface area contributed by atoms with Gasteiger partial charge in [0.05, 0.1) is 12.2 Å². The Bertz CT molecular complexity index is 1090. The van der Waals surface area contributed by atoms with Crippen LogP contribution in [0.1, 0.15) is 106 Å². The second kappa shape index (κ2) is 16.5. The molecule has 0 aliphatic heterocycles. The Morgan fingerprint density at radius 1 is 0.875 bits per heavy atom. The molecule has 6 N–H and O–H groups in total. The molecule has 15 heteroatoms. The number of rotatable bonds is 5. The highest BCUT2D eigenvalue weighted by Gasteiger charge is 2.69. The molecule has 4 rings (SSSR count). The summed E-state index contributed by atoms with van der Waals surface area (Å²) >= 11 is 0. The van der Waals surface area contributed by atoms with E-state index in [4.69, 9.17) is 29.7 Å². The van der Waals surface area contributed by atoms with Crippen molar-refractivity contribution in [1.82, 2.24) is 0 Å². The van der Waals surface area contributed by atoms with Crippen molar-refractivity contribution in [2.24, 2.45) is 40.4 Å². The number of hydrogen-bond donors (Lipinski definition) is 6. The lowest BCUT2D eigenvalue weighted by Crippen LogP contribution is -2.56. The number of carbonyl (C=O) groups is 3. The van der Waals surface area contributed by atoms with Gasteiger partial charge in [0, 0.05) is 32.6 Å². The fourth-order valence-corrected chi connectivity index (χ4v) is 9.00. The Kier molecular flexibility index (Phi) is 15.0. The smallest absolute Gasteiger partial charge is 0.426 e. The maximum atomic E-state index is 13.1. The maximum Gasteiger partial charge on any atom is 0.426 e. The number of aliphatic hydroxyl groups is 3. The van der Waals surface area contributed by atoms with E-state index in [0.29, 0.717) is 30.6 Å². The van der Waals surface area contributed by atoms with Gasteiger partial charge in [-0.25, -0.2) is 0 Å². The van der Waals surface area contributed by atoms with Crippen molar-refractivity contribution < 1.29 is 71.4 Å². The van der Waals surface area contributed by atoms with Crippen LogP contribution in [0.2, 0.25) is 0 Å². The predicted octanol–water partition coefficient (Wildman–Crippen LogP) is 6.83. The van der Waals surface area contributed by atoms with E-state index in [1.165, 1.54) is 0 Å². The topological polar surface area (TPSA) is 173 Å². The number of aliphatic carboxylic acids is 3. The van der Waals surface area contributed by atoms with Crippen molar-refractivity contribution in [2.75, 3.05) is 0 Å². The zero-order valence-electron chi connectivity index (χ0n) is 28.4. The number of carboxylic acids is 3. The van der Waals surface area contributed by atoms with Gasteiger partial charge in [0.1, 0.15) is 0 Å². The molecule has 0 radical (unpaired) electrons. The number of aliphatic hydroxyl groups excluding tert-OH is 2. The van der Waals surface area contributed by atoms with Crippen molar-refractivity contribution in [2.45, 2.75) is 136 Å². The van der Waals surface area contributed by atoms with E-state index in [0.717, 1.165) is 58.4 Å². The van der Waals surface area contributed by atoms with Gasteiger partial charge in [0.25, 0.3) is 23.5 Å². The molecule has 0 saturated heterocycles. The van der Waals surface area contributed by atoms with Crippen molar-refractivity contribution in [3.8, 4) is 0 Å². The zero-order valence-corrected chi connectivity index (χ0v) is 28.4. The summed E-state index contributed by atoms with van der Waals surface area (Å²) in [4.78, 5) is 27.0. The standard InChI is InChI=1S/C27H40F6O3.3C2H4O2/c1-15(5-4-11-25(36,26(28,29)30)27(31,32)33)19-8-9-20-18-7-6-16-13-17(34)14-22(35)24(16,3)21(18)10-12-23(19,20)2;3*1-2(3)4/h6,15,17-22,34-36H,4-5,7-14H2,1-3H3;3*1H3,(H,3,4)/t15-,17-,18+,19-,20+,21+,22+,23-,24+;;;/m1.../s1. The molecule has 0 aromatic rings. The van der Waals surface area contributed by atoms with E-state index in [1.54, 1.807) is 0 Å². The highest BCUT2D eigenvalue weighted by Crippen LogP contribution is 2.67. The summed E-state index contributed by atoms with van der Waals surface area (Å²) in [6.45, 7) is 9.55. The second-order valence-corrected chi connectivity index (χ2v) is 14.2. The first-order valence-corrected chi connectivity index (χ1v) is 16.2. The van der Waals surface area contributed by atoms with Gasteiger partial charge in [-0.2, -0.15) is 26.3 Å². The Labute approximate surface area is 277 Å². The third kappa shape index (κ3) is 10.1. The summed E-state index contributed by atoms with van der Waals surface area (Å²) in [5, 5.41) is 52.9. The van der Waals surface area contributed by atoms with Gasteiger partial charge in [-0.3, -0.25) is 14.4 Å². The molecule has 4 aliphatic rings. The molecule has 0 aromatic heterocycles. The van der Waals surface area contributed by atoms with Gasteiger partial charge in [-0.15, -0.1) is 0 Å². The predicted molar refractivity (Wildman–Crippen MR) is 163 cm³/mol. The van der Waals surface area contributed by atoms with Crippen LogP contribution in [-0.4, -0.2) is 78.7 Å². The lowest BCUT2D eigenvalue weighted by Gasteiger charge is -2.59. The third-order valence-corrected chi connectivity index (χ3v) is 11.1. The summed E-state index contributed by atoms with van der Waals surface area (Å²) in [5.41, 5.74) is -3.92. The molecule has 4 aliphatic carbocycles. The van der Waals surface area contributed by atoms with Crippen LogP contribution in [0, 0.1) is 40.4 Å². The van der Waals surface area contributed by atoms with Gasteiger partial charge in [0.2, 0.25) is 0 Å². The van der Waals surface area contributed by atoms with Crippen LogP contribution >= 0.6 is 0 Å². The van der Waals surface area contributed by atoms with Crippen molar-refractivity contribution >= 4 is 17.9 Å². The highest BCUT2D eigenvalue weighted by atomic mass is 19.4. The monoisotopic (exact) mass is 706 g/mol. The van der Waals surface area contributed by atoms with Crippen LogP contribution in [-0.2, 0) is 14.4 Å². The maximum absolute atomic E-state index is 13.1. The van der Waals surface area contributed by atoms with E-state index >= 15 is 0 Å². The fraction of sp³-hybridized carbons (Fsp3) is 0.848. The first-order chi connectivity index (χ1) is 21.7. The number of carboxylic acid groups (broad SMARTS) is 3. The molecule has 3 saturated carbocycles. The van der Waals surface area contributed by atoms with Crippen LogP contribution < -0.4 is 0 Å². The van der Waals surface area contributed by atoms with Gasteiger partial charge < -0.3 is 30.6 Å². The largest absolute Gasteiger partial charge is 0.481 e. The van der Waals surface area contributed by atoms with E-state index in [1.807, 2.05) is 6.92 Å². The van der Waals surface area contributed by atoms with Gasteiger partial charge >= 0.3 is 12.4 Å². The third-order valence-electron chi connectivity index (χ3n) is 11.1. The lowest BCUT2D eigenvalue weighted by atomic mass is 9.46. The van der Waals surface area contributed by atoms with Crippen LogP contribution in [0.5, 0.6) is 0 Å². The molecule has 280 valence electrons. The Hall–Kier alpha value is -2.39. The minimum absolute atomic E-state index is 0.0498. The summed E-state index contributed by atoms with van der Waals surface area (Å²) in [5.74, 6) is -1.28. The minimum Gasteiger partial charge on any atom is -0.481 e. The number of fused-ring (bicyclic) bond motifs is 5. The number of hydrogen-bond acceptors (Lipinski definition) is 6. The molecule has 9 atom stereocenters. The van der Waals surface area contributed by atoms with Gasteiger partial charge in [-0.05, 0) is 86.4 Å². The van der Waals surface area contributed by atoms with Crippen LogP contribution in [0.3, 0.4) is 0 Å². The Morgan fingerprint density at radius 3 is 1.81 bits per heavy atom. The van der Waals surface area contributed by atoms with Crippen molar-refractivity contribution in [3.63, 3.8) is 0 Å². The van der Waals surface area contributed by atoms with E-state index in [9.17, 15) is 41.7 Å². The van der Waals surface area contributed by atoms with Gasteiger partial charge in [0.15, 0.2) is 0 Å². The molecule has 48 heavy (non-hydrogen) atoms. The summed E-state index contributed by atoms with van der Waals surface area (Å²) in [6.07, 6.45) is -6.39. The van der Waals surface area contributed by atoms with Crippen molar-refractivity contribution in [3.05, 3.63) is 11.6 Å². The SMILES string of the molecule is CC(=O)O.CC(=O)O.CC(=O)O.C[C@H](CCCC(O)(C(F)(F)F)C(F)(F)F)[C@H]1CC[C@H]2[C@@H]3CC=C4C[C@@H](O)C[C@H](O)[C@]4(C)[C@H]3CC[C@]12C. The summed E-state index contributed by atoms with van der Waals surface area (Å²) < 4.78 is 78.3. The zero-order chi connectivity index (χ0) is 37.6. The van der Waals surface area contributed by atoms with Crippen molar-refractivity contribution in [1.29, 1.82) is 0 Å². The highest BCUT2D eigenvalue weighted by molar-refractivity contribution is 5.63. The summed E-state index contributed by atoms with van der Waals surface area (Å²) in [6, 6.07) is 0. The summed E-state index contributed by atoms with van der Waals surface area (Å²) in [7, 11) is 0. The average Bonchev–Trinajstić information content (AvgIpc) is 3.24. The molecular formula is C33H52F6O9. The lowest BCUT2D eigenvalue weighted by molar-refractivity contribution is -0.370. The Balaban J connectivity index is 0.000000829. The van der Waals surface area contributed by atoms with E-state index in [2.05, 4.69) is 19.9 Å². The Morgan fingerprint density at radius 2 is 1.35 bits per heavy atom. The molecule has 0 bridgehead atoms. The minimum atomic E-state index is -5.76. The quantitative estimate of drug-likeness (QED) is 0.132. The molecule has 3 fully saturated rings. The molecular weight excluding hydrogens is 654 g/mol. The second-order valence-electron chi connectivity index (χ2n) is 14.2. The molecule has 0 amide bonds. The molecule has 0 unspecified atom stereocenters. The van der Waals surface area contributed by atoms with E-state index in [-0.39, 0.29) is 35.5 Å². The molecule has 0 heterocycles. The molecule has 0 aromatic carbocycles. The van der Waals surface area contributed by atoms with Crippen LogP contribution in [0.15, 0.2) is 11.6 Å². The normalized spacial score (nSPS) is 33.3. The molecule has 0 spiro atoms.